The Balaban J connectivity index is 2.21. The number of nitrogens with one attached hydrogen (secondary N) is 1. The first-order valence-electron chi connectivity index (χ1n) is 6.83. The number of rotatable bonds is 9. The topological polar surface area (TPSA) is 82.0 Å². The number of benzene rings is 1. The lowest BCUT2D eigenvalue weighted by Gasteiger charge is -2.22. The summed E-state index contributed by atoms with van der Waals surface area (Å²) in [6, 6.07) is 9.80. The van der Waals surface area contributed by atoms with Gasteiger partial charge in [-0.3, -0.25) is 0 Å². The van der Waals surface area contributed by atoms with Crippen molar-refractivity contribution in [3.63, 3.8) is 0 Å². The van der Waals surface area contributed by atoms with Gasteiger partial charge in [-0.25, -0.2) is 0 Å². The Kier molecular flexibility index (Phi) is 7.12. The molecule has 5 nitrogen and oxygen atoms in total. The smallest absolute Gasteiger partial charge is 0.0972 e. The molecule has 0 aromatic heterocycles. The molecule has 0 spiro atoms. The molecule has 1 aromatic rings. The molecule has 1 rings (SSSR count). The van der Waals surface area contributed by atoms with Crippen LogP contribution in [0.4, 0.5) is 0 Å². The molecule has 0 saturated heterocycles. The highest BCUT2D eigenvalue weighted by Crippen LogP contribution is 2.15. The molecule has 3 atom stereocenters. The summed E-state index contributed by atoms with van der Waals surface area (Å²) in [5.74, 6) is 0. The molecule has 0 saturated carbocycles. The maximum absolute atomic E-state index is 9.78. The maximum atomic E-state index is 9.78. The van der Waals surface area contributed by atoms with Gasteiger partial charge in [0.25, 0.3) is 0 Å². The number of ether oxygens (including phenoxy) is 1. The van der Waals surface area contributed by atoms with Crippen LogP contribution in [-0.2, 0) is 4.74 Å². The second kappa shape index (κ2) is 8.34. The van der Waals surface area contributed by atoms with Crippen LogP contribution in [0.25, 0.3) is 0 Å². The summed E-state index contributed by atoms with van der Waals surface area (Å²) in [5, 5.41) is 31.1. The van der Waals surface area contributed by atoms with Crippen LogP contribution >= 0.6 is 0 Å². The van der Waals surface area contributed by atoms with Gasteiger partial charge in [0.1, 0.15) is 0 Å². The predicted octanol–water partition coefficient (Wildman–Crippen LogP) is 0.458. The number of hydrogen-bond acceptors (Lipinski definition) is 5. The van der Waals surface area contributed by atoms with E-state index in [-0.39, 0.29) is 25.9 Å². The first kappa shape index (κ1) is 17.1. The zero-order valence-corrected chi connectivity index (χ0v) is 12.1. The highest BCUT2D eigenvalue weighted by molar-refractivity contribution is 5.16. The summed E-state index contributed by atoms with van der Waals surface area (Å²) in [6.45, 7) is 3.88. The average molecular weight is 283 g/mol. The minimum Gasteiger partial charge on any atom is -0.393 e. The fraction of sp³-hybridized carbons (Fsp3) is 0.600. The molecule has 4 N–H and O–H groups in total. The largest absolute Gasteiger partial charge is 0.393 e. The van der Waals surface area contributed by atoms with Crippen molar-refractivity contribution < 1.29 is 20.1 Å². The highest BCUT2D eigenvalue weighted by atomic mass is 16.5. The summed E-state index contributed by atoms with van der Waals surface area (Å²) in [4.78, 5) is 0. The molecule has 0 aliphatic carbocycles. The van der Waals surface area contributed by atoms with Crippen molar-refractivity contribution in [3.8, 4) is 0 Å². The lowest BCUT2D eigenvalue weighted by atomic mass is 10.1. The van der Waals surface area contributed by atoms with E-state index in [1.807, 2.05) is 37.3 Å². The van der Waals surface area contributed by atoms with Crippen molar-refractivity contribution in [3.05, 3.63) is 35.9 Å². The van der Waals surface area contributed by atoms with Gasteiger partial charge >= 0.3 is 0 Å². The van der Waals surface area contributed by atoms with E-state index in [1.54, 1.807) is 0 Å². The van der Waals surface area contributed by atoms with Crippen LogP contribution in [0.2, 0.25) is 0 Å². The minimum absolute atomic E-state index is 0.0774. The molecule has 20 heavy (non-hydrogen) atoms. The van der Waals surface area contributed by atoms with Gasteiger partial charge in [-0.15, -0.1) is 0 Å². The van der Waals surface area contributed by atoms with E-state index in [0.29, 0.717) is 6.54 Å². The molecule has 0 fully saturated rings. The predicted molar refractivity (Wildman–Crippen MR) is 77.4 cm³/mol. The van der Waals surface area contributed by atoms with Crippen LogP contribution in [0.1, 0.15) is 25.5 Å². The molecule has 1 aromatic carbocycles. The molecule has 0 aliphatic rings. The standard InChI is InChI=1S/C15H25NO4/c1-12(13-6-4-3-5-7-13)20-9-14(18)8-16-10-15(2,19)11-17/h3-7,12,14,16-19H,8-11H2,1-2H3. The molecule has 0 radical (unpaired) electrons. The Labute approximate surface area is 120 Å². The van der Waals surface area contributed by atoms with Gasteiger partial charge in [-0.2, -0.15) is 0 Å². The van der Waals surface area contributed by atoms with Crippen LogP contribution in [-0.4, -0.2) is 53.3 Å². The molecular weight excluding hydrogens is 258 g/mol. The van der Waals surface area contributed by atoms with Gasteiger partial charge in [0.2, 0.25) is 0 Å². The number of hydrogen-bond donors (Lipinski definition) is 4. The molecule has 3 unspecified atom stereocenters. The van der Waals surface area contributed by atoms with E-state index in [4.69, 9.17) is 9.84 Å². The summed E-state index contributed by atoms with van der Waals surface area (Å²) in [7, 11) is 0. The van der Waals surface area contributed by atoms with E-state index >= 15 is 0 Å². The number of aliphatic hydroxyl groups is 3. The SMILES string of the molecule is CC(OCC(O)CNCC(C)(O)CO)c1ccccc1. The zero-order chi connectivity index (χ0) is 15.0. The normalized spacial score (nSPS) is 17.4. The summed E-state index contributed by atoms with van der Waals surface area (Å²) >= 11 is 0. The van der Waals surface area contributed by atoms with Gasteiger partial charge in [0.15, 0.2) is 0 Å². The van der Waals surface area contributed by atoms with E-state index in [2.05, 4.69) is 5.32 Å². The van der Waals surface area contributed by atoms with Gasteiger partial charge in [0, 0.05) is 13.1 Å². The average Bonchev–Trinajstić information content (AvgIpc) is 2.45. The summed E-state index contributed by atoms with van der Waals surface area (Å²) in [5.41, 5.74) is -0.103. The second-order valence-corrected chi connectivity index (χ2v) is 5.33. The van der Waals surface area contributed by atoms with Crippen LogP contribution in [0.5, 0.6) is 0 Å². The van der Waals surface area contributed by atoms with Crippen LogP contribution < -0.4 is 5.32 Å². The Hall–Kier alpha value is -0.980. The Bertz CT molecular complexity index is 369. The zero-order valence-electron chi connectivity index (χ0n) is 12.1. The Morgan fingerprint density at radius 1 is 1.30 bits per heavy atom. The molecule has 5 heteroatoms. The lowest BCUT2D eigenvalue weighted by molar-refractivity contribution is -0.0143. The van der Waals surface area contributed by atoms with Gasteiger partial charge in [-0.1, -0.05) is 30.3 Å². The lowest BCUT2D eigenvalue weighted by Crippen LogP contribution is -2.43. The van der Waals surface area contributed by atoms with Crippen molar-refractivity contribution in [1.82, 2.24) is 5.32 Å². The molecule has 0 amide bonds. The van der Waals surface area contributed by atoms with Crippen LogP contribution in [0, 0.1) is 0 Å². The van der Waals surface area contributed by atoms with Crippen molar-refractivity contribution in [2.45, 2.75) is 31.7 Å². The van der Waals surface area contributed by atoms with E-state index in [0.717, 1.165) is 5.56 Å². The van der Waals surface area contributed by atoms with Gasteiger partial charge in [-0.05, 0) is 19.4 Å². The quantitative estimate of drug-likeness (QED) is 0.529. The minimum atomic E-state index is -1.17. The van der Waals surface area contributed by atoms with Crippen molar-refractivity contribution in [1.29, 1.82) is 0 Å². The summed E-state index contributed by atoms with van der Waals surface area (Å²) < 4.78 is 5.60. The van der Waals surface area contributed by atoms with Crippen molar-refractivity contribution in [2.75, 3.05) is 26.3 Å². The molecule has 0 heterocycles. The highest BCUT2D eigenvalue weighted by Gasteiger charge is 2.18. The molecule has 0 aliphatic heterocycles. The molecule has 0 bridgehead atoms. The Morgan fingerprint density at radius 3 is 2.55 bits per heavy atom. The van der Waals surface area contributed by atoms with E-state index in [1.165, 1.54) is 6.92 Å². The van der Waals surface area contributed by atoms with Crippen molar-refractivity contribution in [2.24, 2.45) is 0 Å². The first-order chi connectivity index (χ1) is 9.44. The third kappa shape index (κ3) is 6.45. The summed E-state index contributed by atoms with van der Waals surface area (Å²) in [6.07, 6.45) is -0.734. The third-order valence-electron chi connectivity index (χ3n) is 3.03. The monoisotopic (exact) mass is 283 g/mol. The number of aliphatic hydroxyl groups excluding tert-OH is 2. The van der Waals surface area contributed by atoms with Crippen LogP contribution in [0.15, 0.2) is 30.3 Å². The maximum Gasteiger partial charge on any atom is 0.0972 e. The van der Waals surface area contributed by atoms with E-state index in [9.17, 15) is 10.2 Å². The fourth-order valence-corrected chi connectivity index (χ4v) is 1.70. The van der Waals surface area contributed by atoms with Crippen molar-refractivity contribution >= 4 is 0 Å². The Morgan fingerprint density at radius 2 is 1.95 bits per heavy atom. The fourth-order valence-electron chi connectivity index (χ4n) is 1.70. The molecule has 114 valence electrons. The van der Waals surface area contributed by atoms with Gasteiger partial charge in [0.05, 0.1) is 31.0 Å². The first-order valence-corrected chi connectivity index (χ1v) is 6.83. The van der Waals surface area contributed by atoms with Gasteiger partial charge < -0.3 is 25.4 Å². The van der Waals surface area contributed by atoms with E-state index < -0.39 is 11.7 Å². The molecular formula is C15H25NO4. The second-order valence-electron chi connectivity index (χ2n) is 5.33. The van der Waals surface area contributed by atoms with Crippen LogP contribution in [0.3, 0.4) is 0 Å². The third-order valence-corrected chi connectivity index (χ3v) is 3.03.